The van der Waals surface area contributed by atoms with Crippen molar-refractivity contribution in [1.29, 1.82) is 0 Å². The largest absolute Gasteiger partial charge is 0.339 e. The van der Waals surface area contributed by atoms with Crippen molar-refractivity contribution in [2.24, 2.45) is 0 Å². The van der Waals surface area contributed by atoms with Gasteiger partial charge in [-0.2, -0.15) is 0 Å². The summed E-state index contributed by atoms with van der Waals surface area (Å²) in [6.45, 7) is 2.95. The number of piperidine rings is 1. The molecule has 0 aromatic carbocycles. The van der Waals surface area contributed by atoms with Gasteiger partial charge in [-0.15, -0.1) is 11.3 Å². The van der Waals surface area contributed by atoms with Crippen molar-refractivity contribution in [1.82, 2.24) is 19.8 Å². The van der Waals surface area contributed by atoms with Crippen LogP contribution in [0.2, 0.25) is 0 Å². The number of carbonyl (C=O) groups is 1. The fourth-order valence-electron chi connectivity index (χ4n) is 4.31. The maximum atomic E-state index is 12.5. The van der Waals surface area contributed by atoms with E-state index in [0.717, 1.165) is 32.5 Å². The van der Waals surface area contributed by atoms with Gasteiger partial charge in [0.05, 0.1) is 12.1 Å². The molecule has 0 unspecified atom stereocenters. The van der Waals surface area contributed by atoms with Gasteiger partial charge < -0.3 is 4.90 Å². The van der Waals surface area contributed by atoms with Gasteiger partial charge in [0.25, 0.3) is 0 Å². The van der Waals surface area contributed by atoms with E-state index in [4.69, 9.17) is 0 Å². The summed E-state index contributed by atoms with van der Waals surface area (Å²) in [5.74, 6) is 0.546. The average Bonchev–Trinajstić information content (AvgIpc) is 3.21. The zero-order valence-corrected chi connectivity index (χ0v) is 14.7. The fraction of sp³-hybridized carbons (Fsp3) is 0.500. The second kappa shape index (κ2) is 6.26. The van der Waals surface area contributed by atoms with Crippen LogP contribution in [0, 0.1) is 0 Å². The third-order valence-electron chi connectivity index (χ3n) is 5.74. The highest BCUT2D eigenvalue weighted by atomic mass is 32.1. The number of likely N-dealkylation sites (N-methyl/N-ethyl adjacent to an activating group) is 1. The molecular formula is C18H22N4OS. The molecule has 0 bridgehead atoms. The van der Waals surface area contributed by atoms with Crippen LogP contribution in [0.1, 0.15) is 35.8 Å². The normalized spacial score (nSPS) is 24.0. The Hall–Kier alpha value is -1.79. The second-order valence-electron chi connectivity index (χ2n) is 6.80. The molecule has 2 saturated heterocycles. The first-order valence-corrected chi connectivity index (χ1v) is 9.34. The number of pyridine rings is 1. The topological polar surface area (TPSA) is 49.3 Å². The van der Waals surface area contributed by atoms with E-state index in [2.05, 4.69) is 27.0 Å². The molecule has 1 spiro atoms. The van der Waals surface area contributed by atoms with Crippen molar-refractivity contribution < 1.29 is 4.79 Å². The smallest absolute Gasteiger partial charge is 0.223 e. The Labute approximate surface area is 146 Å². The summed E-state index contributed by atoms with van der Waals surface area (Å²) in [4.78, 5) is 25.5. The van der Waals surface area contributed by atoms with E-state index >= 15 is 0 Å². The Bertz CT molecular complexity index is 695. The van der Waals surface area contributed by atoms with E-state index in [1.807, 2.05) is 35.9 Å². The lowest BCUT2D eigenvalue weighted by atomic mass is 9.74. The van der Waals surface area contributed by atoms with Gasteiger partial charge in [0.1, 0.15) is 5.01 Å². The van der Waals surface area contributed by atoms with E-state index in [1.54, 1.807) is 11.3 Å². The first-order chi connectivity index (χ1) is 11.7. The van der Waals surface area contributed by atoms with Crippen molar-refractivity contribution in [3.8, 4) is 0 Å². The Kier molecular flexibility index (Phi) is 4.10. The molecule has 2 aliphatic heterocycles. The molecular weight excluding hydrogens is 320 g/mol. The predicted octanol–water partition coefficient (Wildman–Crippen LogP) is 2.52. The lowest BCUT2D eigenvalue weighted by Gasteiger charge is -2.46. The summed E-state index contributed by atoms with van der Waals surface area (Å²) in [7, 11) is 1.99. The van der Waals surface area contributed by atoms with E-state index in [0.29, 0.717) is 6.42 Å². The van der Waals surface area contributed by atoms with E-state index in [-0.39, 0.29) is 17.4 Å². The van der Waals surface area contributed by atoms with Gasteiger partial charge in [0.15, 0.2) is 0 Å². The fourth-order valence-corrected chi connectivity index (χ4v) is 4.97. The molecule has 0 radical (unpaired) electrons. The maximum absolute atomic E-state index is 12.5. The first kappa shape index (κ1) is 15.7. The molecule has 5 nitrogen and oxygen atoms in total. The average molecular weight is 342 g/mol. The second-order valence-corrected chi connectivity index (χ2v) is 7.77. The number of hydrogen-bond donors (Lipinski definition) is 0. The van der Waals surface area contributed by atoms with E-state index in [1.165, 1.54) is 10.6 Å². The number of nitrogens with zero attached hydrogens (tertiary/aromatic N) is 4. The number of thiazole rings is 1. The third kappa shape index (κ3) is 2.63. The molecule has 0 aliphatic carbocycles. The maximum Gasteiger partial charge on any atom is 0.223 e. The van der Waals surface area contributed by atoms with Gasteiger partial charge in [0.2, 0.25) is 5.91 Å². The molecule has 24 heavy (non-hydrogen) atoms. The summed E-state index contributed by atoms with van der Waals surface area (Å²) in [6, 6.07) is 4.14. The van der Waals surface area contributed by atoms with Crippen LogP contribution >= 0.6 is 11.3 Å². The monoisotopic (exact) mass is 342 g/mol. The van der Waals surface area contributed by atoms with Crippen LogP contribution in [0.5, 0.6) is 0 Å². The number of rotatable bonds is 3. The molecule has 0 N–H and O–H groups in total. The molecule has 2 fully saturated rings. The van der Waals surface area contributed by atoms with Gasteiger partial charge in [0, 0.05) is 56.4 Å². The van der Waals surface area contributed by atoms with Crippen molar-refractivity contribution in [2.75, 3.05) is 20.1 Å². The minimum Gasteiger partial charge on any atom is -0.339 e. The Morgan fingerprint density at radius 3 is 2.67 bits per heavy atom. The molecule has 126 valence electrons. The first-order valence-electron chi connectivity index (χ1n) is 8.46. The lowest BCUT2D eigenvalue weighted by Crippen LogP contribution is -2.53. The Balaban J connectivity index is 1.53. The van der Waals surface area contributed by atoms with Crippen LogP contribution in [0.25, 0.3) is 0 Å². The van der Waals surface area contributed by atoms with E-state index < -0.39 is 0 Å². The molecule has 4 heterocycles. The zero-order valence-electron chi connectivity index (χ0n) is 13.9. The minimum atomic E-state index is -0.0438. The van der Waals surface area contributed by atoms with Crippen molar-refractivity contribution in [2.45, 2.75) is 37.3 Å². The molecule has 2 aromatic rings. The highest BCUT2D eigenvalue weighted by Crippen LogP contribution is 2.48. The van der Waals surface area contributed by atoms with Crippen molar-refractivity contribution in [3.63, 3.8) is 0 Å². The van der Waals surface area contributed by atoms with Gasteiger partial charge in [-0.05, 0) is 30.5 Å². The van der Waals surface area contributed by atoms with Crippen LogP contribution < -0.4 is 0 Å². The molecule has 0 saturated carbocycles. The van der Waals surface area contributed by atoms with Gasteiger partial charge in [-0.25, -0.2) is 4.98 Å². The Morgan fingerprint density at radius 1 is 1.25 bits per heavy atom. The standard InChI is InChI=1S/C18H22N4OS/c1-21-17(23)12-15(14-2-6-19-7-3-14)18(21)4-9-22(10-5-18)13-16-20-8-11-24-16/h2-3,6-8,11,15H,4-5,9-10,12-13H2,1H3/t15-/m0/s1. The molecule has 6 heteroatoms. The van der Waals surface area contributed by atoms with Crippen LogP contribution in [-0.4, -0.2) is 51.4 Å². The highest BCUT2D eigenvalue weighted by Gasteiger charge is 2.52. The van der Waals surface area contributed by atoms with Gasteiger partial charge in [-0.3, -0.25) is 14.7 Å². The summed E-state index contributed by atoms with van der Waals surface area (Å²) in [5, 5.41) is 3.21. The number of likely N-dealkylation sites (tertiary alicyclic amines) is 2. The van der Waals surface area contributed by atoms with Crippen LogP contribution in [0.3, 0.4) is 0 Å². The van der Waals surface area contributed by atoms with Crippen molar-refractivity contribution in [3.05, 3.63) is 46.7 Å². The SMILES string of the molecule is CN1C(=O)C[C@@H](c2ccncc2)C12CCN(Cc1nccs1)CC2. The van der Waals surface area contributed by atoms with Crippen LogP contribution in [0.15, 0.2) is 36.1 Å². The predicted molar refractivity (Wildman–Crippen MR) is 93.7 cm³/mol. The summed E-state index contributed by atoms with van der Waals surface area (Å²) in [5.41, 5.74) is 1.20. The number of aromatic nitrogens is 2. The summed E-state index contributed by atoms with van der Waals surface area (Å²) >= 11 is 1.71. The summed E-state index contributed by atoms with van der Waals surface area (Å²) < 4.78 is 0. The lowest BCUT2D eigenvalue weighted by molar-refractivity contribution is -0.130. The van der Waals surface area contributed by atoms with Crippen LogP contribution in [0.4, 0.5) is 0 Å². The summed E-state index contributed by atoms with van der Waals surface area (Å²) in [6.07, 6.45) is 8.20. The van der Waals surface area contributed by atoms with Crippen molar-refractivity contribution >= 4 is 17.2 Å². The zero-order chi connectivity index (χ0) is 16.6. The molecule has 1 atom stereocenters. The highest BCUT2D eigenvalue weighted by molar-refractivity contribution is 7.09. The number of hydrogen-bond acceptors (Lipinski definition) is 5. The molecule has 1 amide bonds. The molecule has 4 rings (SSSR count). The number of amides is 1. The third-order valence-corrected chi connectivity index (χ3v) is 6.51. The van der Waals surface area contributed by atoms with E-state index in [9.17, 15) is 4.79 Å². The molecule has 2 aliphatic rings. The van der Waals surface area contributed by atoms with Crippen LogP contribution in [-0.2, 0) is 11.3 Å². The van der Waals surface area contributed by atoms with Gasteiger partial charge in [-0.1, -0.05) is 0 Å². The quantitative estimate of drug-likeness (QED) is 0.860. The number of carbonyl (C=O) groups excluding carboxylic acids is 1. The minimum absolute atomic E-state index is 0.0438. The molecule has 2 aromatic heterocycles. The van der Waals surface area contributed by atoms with Gasteiger partial charge >= 0.3 is 0 Å². The Morgan fingerprint density at radius 2 is 2.00 bits per heavy atom.